The number of nitrogens with two attached hydrogens (primary N) is 1. The molecule has 31 heavy (non-hydrogen) atoms. The molecule has 0 saturated heterocycles. The number of hydrogen-bond acceptors (Lipinski definition) is 6. The molecule has 0 aliphatic heterocycles. The summed E-state index contributed by atoms with van der Waals surface area (Å²) in [5, 5.41) is 0.906. The van der Waals surface area contributed by atoms with Gasteiger partial charge >= 0.3 is 0 Å². The summed E-state index contributed by atoms with van der Waals surface area (Å²) >= 11 is 0. The normalized spacial score (nSPS) is 10.8. The van der Waals surface area contributed by atoms with Crippen molar-refractivity contribution in [2.24, 2.45) is 5.73 Å². The maximum atomic E-state index is 11.5. The summed E-state index contributed by atoms with van der Waals surface area (Å²) in [6.07, 6.45) is 5.08. The summed E-state index contributed by atoms with van der Waals surface area (Å²) < 4.78 is 5.21. The van der Waals surface area contributed by atoms with Crippen molar-refractivity contribution in [3.63, 3.8) is 0 Å². The average Bonchev–Trinajstić information content (AvgIpc) is 2.79. The first-order chi connectivity index (χ1) is 14.9. The van der Waals surface area contributed by atoms with Crippen LogP contribution in [0.25, 0.3) is 22.0 Å². The number of amides is 1. The van der Waals surface area contributed by atoms with Crippen LogP contribution in [0.3, 0.4) is 0 Å². The van der Waals surface area contributed by atoms with Crippen molar-refractivity contribution in [3.8, 4) is 16.9 Å². The van der Waals surface area contributed by atoms with E-state index in [1.165, 1.54) is 6.20 Å². The van der Waals surface area contributed by atoms with Crippen molar-refractivity contribution in [1.29, 1.82) is 0 Å². The molecule has 0 spiro atoms. The molecule has 0 aliphatic rings. The molecule has 7 heteroatoms. The Morgan fingerprint density at radius 2 is 1.81 bits per heavy atom. The third-order valence-electron chi connectivity index (χ3n) is 5.20. The van der Waals surface area contributed by atoms with Crippen LogP contribution in [0.2, 0.25) is 0 Å². The molecule has 0 bridgehead atoms. The number of aromatic nitrogens is 3. The molecule has 7 nitrogen and oxygen atoms in total. The highest BCUT2D eigenvalue weighted by Crippen LogP contribution is 2.27. The maximum Gasteiger partial charge on any atom is 0.250 e. The second-order valence-corrected chi connectivity index (χ2v) is 7.38. The number of anilines is 1. The lowest BCUT2D eigenvalue weighted by molar-refractivity contribution is 0.1000. The number of fused-ring (bicyclic) bond motifs is 1. The van der Waals surface area contributed by atoms with Gasteiger partial charge in [0.2, 0.25) is 5.91 Å². The van der Waals surface area contributed by atoms with Gasteiger partial charge in [0.05, 0.1) is 18.2 Å². The molecule has 3 aromatic heterocycles. The van der Waals surface area contributed by atoms with Crippen molar-refractivity contribution >= 4 is 22.6 Å². The minimum absolute atomic E-state index is 0.370. The first-order valence-electron chi connectivity index (χ1n) is 9.81. The number of ether oxygens (including phenoxy) is 1. The van der Waals surface area contributed by atoms with Gasteiger partial charge in [0.15, 0.2) is 0 Å². The van der Waals surface area contributed by atoms with Crippen LogP contribution < -0.4 is 15.4 Å². The Balaban J connectivity index is 1.61. The molecule has 2 N–H and O–H groups in total. The molecule has 0 fully saturated rings. The highest BCUT2D eigenvalue weighted by molar-refractivity contribution is 5.94. The third kappa shape index (κ3) is 4.30. The topological polar surface area (TPSA) is 94.2 Å². The molecular formula is C24H23N5O2. The summed E-state index contributed by atoms with van der Waals surface area (Å²) in [5.74, 6) is 1.16. The average molecular weight is 413 g/mol. The predicted molar refractivity (Wildman–Crippen MR) is 121 cm³/mol. The number of methoxy groups -OCH3 is 1. The minimum Gasteiger partial charge on any atom is -0.497 e. The van der Waals surface area contributed by atoms with E-state index in [9.17, 15) is 4.79 Å². The van der Waals surface area contributed by atoms with E-state index >= 15 is 0 Å². The van der Waals surface area contributed by atoms with Crippen LogP contribution in [0.1, 0.15) is 21.6 Å². The lowest BCUT2D eigenvalue weighted by Gasteiger charge is -2.19. The van der Waals surface area contributed by atoms with E-state index in [-0.39, 0.29) is 0 Å². The summed E-state index contributed by atoms with van der Waals surface area (Å²) in [4.78, 5) is 27.1. The molecule has 4 aromatic rings. The molecule has 1 amide bonds. The number of carbonyl (C=O) groups is 1. The summed E-state index contributed by atoms with van der Waals surface area (Å²) in [6.45, 7) is 2.60. The zero-order valence-corrected chi connectivity index (χ0v) is 17.7. The molecule has 156 valence electrons. The highest BCUT2D eigenvalue weighted by Gasteiger charge is 2.11. The number of benzene rings is 1. The van der Waals surface area contributed by atoms with Crippen LogP contribution in [-0.4, -0.2) is 35.0 Å². The molecule has 0 radical (unpaired) electrons. The van der Waals surface area contributed by atoms with Crippen LogP contribution in [-0.2, 0) is 6.54 Å². The SMILES string of the molecule is COc1ccc(CN(C)c2cc3ncc(-c4cc(C(N)=O)cnc4C)cc3cn2)cc1. The van der Waals surface area contributed by atoms with Gasteiger partial charge in [-0.15, -0.1) is 0 Å². The fourth-order valence-electron chi connectivity index (χ4n) is 3.41. The van der Waals surface area contributed by atoms with E-state index in [0.29, 0.717) is 12.1 Å². The van der Waals surface area contributed by atoms with Gasteiger partial charge in [0.1, 0.15) is 11.6 Å². The molecule has 0 atom stereocenters. The van der Waals surface area contributed by atoms with E-state index in [4.69, 9.17) is 10.5 Å². The lowest BCUT2D eigenvalue weighted by Crippen LogP contribution is -2.17. The van der Waals surface area contributed by atoms with Crippen LogP contribution in [0.4, 0.5) is 5.82 Å². The second-order valence-electron chi connectivity index (χ2n) is 7.38. The van der Waals surface area contributed by atoms with Crippen molar-refractivity contribution < 1.29 is 9.53 Å². The van der Waals surface area contributed by atoms with E-state index in [0.717, 1.165) is 44.9 Å². The van der Waals surface area contributed by atoms with Crippen molar-refractivity contribution in [1.82, 2.24) is 15.0 Å². The zero-order valence-electron chi connectivity index (χ0n) is 17.7. The minimum atomic E-state index is -0.506. The molecule has 3 heterocycles. The summed E-state index contributed by atoms with van der Waals surface area (Å²) in [7, 11) is 3.65. The van der Waals surface area contributed by atoms with Crippen molar-refractivity contribution in [2.45, 2.75) is 13.5 Å². The van der Waals surface area contributed by atoms with Gasteiger partial charge in [-0.2, -0.15) is 0 Å². The summed E-state index contributed by atoms with van der Waals surface area (Å²) in [6, 6.07) is 13.7. The Labute approximate surface area is 180 Å². The number of aryl methyl sites for hydroxylation is 1. The fraction of sp³-hybridized carbons (Fsp3) is 0.167. The smallest absolute Gasteiger partial charge is 0.250 e. The Morgan fingerprint density at radius 1 is 1.03 bits per heavy atom. The highest BCUT2D eigenvalue weighted by atomic mass is 16.5. The fourth-order valence-corrected chi connectivity index (χ4v) is 3.41. The number of pyridine rings is 3. The number of hydrogen-bond donors (Lipinski definition) is 1. The molecule has 1 aromatic carbocycles. The Hall–Kier alpha value is -4.00. The monoisotopic (exact) mass is 413 g/mol. The number of primary amides is 1. The van der Waals surface area contributed by atoms with Gasteiger partial charge in [0, 0.05) is 60.5 Å². The van der Waals surface area contributed by atoms with E-state index in [2.05, 4.69) is 19.9 Å². The van der Waals surface area contributed by atoms with Gasteiger partial charge in [-0.3, -0.25) is 14.8 Å². The Bertz CT molecular complexity index is 1250. The maximum absolute atomic E-state index is 11.5. The number of carbonyl (C=O) groups excluding carboxylic acids is 1. The quantitative estimate of drug-likeness (QED) is 0.517. The van der Waals surface area contributed by atoms with Gasteiger partial charge in [0.25, 0.3) is 0 Å². The first-order valence-corrected chi connectivity index (χ1v) is 9.81. The predicted octanol–water partition coefficient (Wildman–Crippen LogP) is 3.74. The first kappa shape index (κ1) is 20.3. The molecule has 0 unspecified atom stereocenters. The second kappa shape index (κ2) is 8.39. The third-order valence-corrected chi connectivity index (χ3v) is 5.20. The number of rotatable bonds is 6. The van der Waals surface area contributed by atoms with Gasteiger partial charge in [-0.1, -0.05) is 12.1 Å². The van der Waals surface area contributed by atoms with Crippen molar-refractivity contribution in [2.75, 3.05) is 19.1 Å². The Morgan fingerprint density at radius 3 is 2.52 bits per heavy atom. The largest absolute Gasteiger partial charge is 0.497 e. The van der Waals surface area contributed by atoms with Crippen LogP contribution in [0, 0.1) is 6.92 Å². The van der Waals surface area contributed by atoms with E-state index in [1.807, 2.05) is 56.6 Å². The molecule has 0 aliphatic carbocycles. The van der Waals surface area contributed by atoms with E-state index < -0.39 is 5.91 Å². The van der Waals surface area contributed by atoms with Gasteiger partial charge < -0.3 is 15.4 Å². The molecule has 0 saturated carbocycles. The van der Waals surface area contributed by atoms with Crippen molar-refractivity contribution in [3.05, 3.63) is 77.9 Å². The Kier molecular flexibility index (Phi) is 5.49. The molecular weight excluding hydrogens is 390 g/mol. The standard InChI is InChI=1S/C24H23N5O2/c1-15-21(9-19(13-26-15)24(25)30)17-8-18-12-28-23(10-22(18)27-11-17)29(2)14-16-4-6-20(31-3)7-5-16/h4-13H,14H2,1-3H3,(H2,25,30). The van der Waals surface area contributed by atoms with Gasteiger partial charge in [-0.05, 0) is 36.8 Å². The van der Waals surface area contributed by atoms with E-state index in [1.54, 1.807) is 19.4 Å². The van der Waals surface area contributed by atoms with Crippen LogP contribution in [0.5, 0.6) is 5.75 Å². The number of nitrogens with zero attached hydrogens (tertiary/aromatic N) is 4. The molecule has 4 rings (SSSR count). The summed E-state index contributed by atoms with van der Waals surface area (Å²) in [5.41, 5.74) is 10.3. The zero-order chi connectivity index (χ0) is 22.0. The van der Waals surface area contributed by atoms with Crippen LogP contribution in [0.15, 0.2) is 61.1 Å². The lowest BCUT2D eigenvalue weighted by atomic mass is 10.0. The van der Waals surface area contributed by atoms with Gasteiger partial charge in [-0.25, -0.2) is 4.98 Å². The van der Waals surface area contributed by atoms with Crippen LogP contribution >= 0.6 is 0 Å².